The largest absolute Gasteiger partial charge is 0.497 e. The van der Waals surface area contributed by atoms with Gasteiger partial charge < -0.3 is 15.0 Å². The highest BCUT2D eigenvalue weighted by atomic mass is 35.5. The molecule has 0 unspecified atom stereocenters. The van der Waals surface area contributed by atoms with Crippen molar-refractivity contribution in [2.24, 2.45) is 0 Å². The van der Waals surface area contributed by atoms with E-state index in [0.717, 1.165) is 25.2 Å². The Labute approximate surface area is 117 Å². The molecule has 0 aliphatic carbocycles. The first kappa shape index (κ1) is 13.5. The van der Waals surface area contributed by atoms with Gasteiger partial charge in [-0.25, -0.2) is 0 Å². The minimum Gasteiger partial charge on any atom is -0.497 e. The lowest BCUT2D eigenvalue weighted by Gasteiger charge is -2.30. The van der Waals surface area contributed by atoms with Gasteiger partial charge in [-0.05, 0) is 17.7 Å². The van der Waals surface area contributed by atoms with Crippen molar-refractivity contribution in [3.8, 4) is 5.75 Å². The predicted octanol–water partition coefficient (Wildman–Crippen LogP) is 1.87. The molecule has 1 atom stereocenters. The number of nitrogens with zero attached hydrogens (tertiary/aromatic N) is 1. The number of hydrogen-bond acceptors (Lipinski definition) is 3. The molecular weight excluding hydrogens is 275 g/mol. The third-order valence-corrected chi connectivity index (χ3v) is 3.71. The normalized spacial score (nSPS) is 21.1. The van der Waals surface area contributed by atoms with Crippen LogP contribution in [0.2, 0.25) is 5.02 Å². The second kappa shape index (κ2) is 4.96. The highest BCUT2D eigenvalue weighted by molar-refractivity contribution is 6.34. The Hall–Kier alpha value is -0.970. The maximum Gasteiger partial charge on any atom is 0.256 e. The number of rotatable bonds is 1. The van der Waals surface area contributed by atoms with E-state index in [2.05, 4.69) is 5.32 Å². The number of ether oxygens (including phenoxy) is 1. The van der Waals surface area contributed by atoms with Crippen molar-refractivity contribution < 1.29 is 9.53 Å². The predicted molar refractivity (Wildman–Crippen MR) is 71.9 cm³/mol. The topological polar surface area (TPSA) is 41.6 Å². The number of methoxy groups -OCH3 is 1. The monoisotopic (exact) mass is 288 g/mol. The number of piperazine rings is 1. The molecule has 18 heavy (non-hydrogen) atoms. The van der Waals surface area contributed by atoms with E-state index in [1.807, 2.05) is 11.0 Å². The summed E-state index contributed by atoms with van der Waals surface area (Å²) in [5.74, 6) is 0.744. The molecule has 2 aliphatic heterocycles. The fourth-order valence-electron chi connectivity index (χ4n) is 2.58. The van der Waals surface area contributed by atoms with Crippen molar-refractivity contribution in [2.45, 2.75) is 6.04 Å². The first-order valence-electron chi connectivity index (χ1n) is 5.61. The van der Waals surface area contributed by atoms with Gasteiger partial charge in [0, 0.05) is 19.6 Å². The Morgan fingerprint density at radius 2 is 2.28 bits per heavy atom. The molecule has 1 N–H and O–H groups in total. The summed E-state index contributed by atoms with van der Waals surface area (Å²) in [5.41, 5.74) is 1.62. The lowest BCUT2D eigenvalue weighted by Crippen LogP contribution is -2.44. The van der Waals surface area contributed by atoms with Crippen LogP contribution >= 0.6 is 24.0 Å². The summed E-state index contributed by atoms with van der Waals surface area (Å²) < 4.78 is 5.20. The molecule has 2 heterocycles. The molecule has 0 radical (unpaired) electrons. The Kier molecular flexibility index (Phi) is 3.71. The zero-order valence-corrected chi connectivity index (χ0v) is 11.5. The van der Waals surface area contributed by atoms with E-state index in [0.29, 0.717) is 16.3 Å². The van der Waals surface area contributed by atoms with Gasteiger partial charge in [-0.2, -0.15) is 0 Å². The number of hydrogen-bond donors (Lipinski definition) is 1. The molecule has 0 aromatic heterocycles. The van der Waals surface area contributed by atoms with Crippen LogP contribution in [0.4, 0.5) is 0 Å². The summed E-state index contributed by atoms with van der Waals surface area (Å²) in [4.78, 5) is 14.1. The van der Waals surface area contributed by atoms with Crippen molar-refractivity contribution in [3.05, 3.63) is 28.3 Å². The number of fused-ring (bicyclic) bond motifs is 3. The van der Waals surface area contributed by atoms with Gasteiger partial charge in [0.1, 0.15) is 5.75 Å². The third-order valence-electron chi connectivity index (χ3n) is 3.41. The van der Waals surface area contributed by atoms with E-state index in [9.17, 15) is 4.79 Å². The van der Waals surface area contributed by atoms with Gasteiger partial charge in [-0.1, -0.05) is 11.6 Å². The molecule has 1 aromatic rings. The van der Waals surface area contributed by atoms with Gasteiger partial charge in [-0.3, -0.25) is 4.79 Å². The lowest BCUT2D eigenvalue weighted by atomic mass is 10.0. The van der Waals surface area contributed by atoms with Crippen LogP contribution < -0.4 is 10.1 Å². The summed E-state index contributed by atoms with van der Waals surface area (Å²) in [7, 11) is 1.60. The average Bonchev–Trinajstić information content (AvgIpc) is 2.64. The second-order valence-corrected chi connectivity index (χ2v) is 4.70. The van der Waals surface area contributed by atoms with Crippen LogP contribution in [-0.4, -0.2) is 37.6 Å². The van der Waals surface area contributed by atoms with Gasteiger partial charge in [0.2, 0.25) is 0 Å². The molecule has 6 heteroatoms. The van der Waals surface area contributed by atoms with Crippen molar-refractivity contribution in [1.29, 1.82) is 0 Å². The molecule has 1 fully saturated rings. The molecule has 0 saturated carbocycles. The summed E-state index contributed by atoms with van der Waals surface area (Å²) in [5, 5.41) is 3.78. The van der Waals surface area contributed by atoms with Crippen LogP contribution in [0.5, 0.6) is 5.75 Å². The zero-order chi connectivity index (χ0) is 12.0. The lowest BCUT2D eigenvalue weighted by molar-refractivity contribution is 0.0691. The number of carbonyl (C=O) groups is 1. The van der Waals surface area contributed by atoms with E-state index in [1.165, 1.54) is 0 Å². The minimum atomic E-state index is 0. The summed E-state index contributed by atoms with van der Waals surface area (Å²) in [6.07, 6.45) is 0. The van der Waals surface area contributed by atoms with Gasteiger partial charge >= 0.3 is 0 Å². The van der Waals surface area contributed by atoms with Crippen molar-refractivity contribution >= 4 is 29.9 Å². The van der Waals surface area contributed by atoms with Crippen LogP contribution in [0, 0.1) is 0 Å². The highest BCUT2D eigenvalue weighted by Crippen LogP contribution is 2.40. The van der Waals surface area contributed by atoms with Crippen LogP contribution in [0.25, 0.3) is 0 Å². The van der Waals surface area contributed by atoms with E-state index < -0.39 is 0 Å². The summed E-state index contributed by atoms with van der Waals surface area (Å²) in [6.45, 7) is 2.35. The standard InChI is InChI=1S/C12H13ClN2O2.ClH/c1-17-7-4-8-10-6-14-2-3-15(10)12(16)11(8)9(13)5-7;/h4-5,10,14H,2-3,6H2,1H3;1H/t10-;/m0./s1. The van der Waals surface area contributed by atoms with Crippen molar-refractivity contribution in [1.82, 2.24) is 10.2 Å². The van der Waals surface area contributed by atoms with E-state index >= 15 is 0 Å². The number of amides is 1. The maximum atomic E-state index is 12.2. The first-order valence-corrected chi connectivity index (χ1v) is 5.99. The molecule has 0 bridgehead atoms. The zero-order valence-electron chi connectivity index (χ0n) is 9.90. The van der Waals surface area contributed by atoms with Crippen LogP contribution in [0.1, 0.15) is 22.0 Å². The SMILES string of the molecule is COc1cc(Cl)c2c(c1)[C@@H]1CNCCN1C2=O.Cl. The number of halogens is 2. The van der Waals surface area contributed by atoms with Crippen molar-refractivity contribution in [2.75, 3.05) is 26.7 Å². The summed E-state index contributed by atoms with van der Waals surface area (Å²) in [6, 6.07) is 3.71. The fraction of sp³-hybridized carbons (Fsp3) is 0.417. The molecule has 3 rings (SSSR count). The Morgan fingerprint density at radius 1 is 1.50 bits per heavy atom. The van der Waals surface area contributed by atoms with Gasteiger partial charge in [0.15, 0.2) is 0 Å². The van der Waals surface area contributed by atoms with Crippen LogP contribution in [-0.2, 0) is 0 Å². The maximum absolute atomic E-state index is 12.2. The molecule has 4 nitrogen and oxygen atoms in total. The highest BCUT2D eigenvalue weighted by Gasteiger charge is 2.39. The van der Waals surface area contributed by atoms with Gasteiger partial charge in [-0.15, -0.1) is 12.4 Å². The molecule has 2 aliphatic rings. The molecule has 1 amide bonds. The van der Waals surface area contributed by atoms with Crippen LogP contribution in [0.15, 0.2) is 12.1 Å². The molecular formula is C12H14Cl2N2O2. The molecule has 1 saturated heterocycles. The third kappa shape index (κ3) is 1.85. The van der Waals surface area contributed by atoms with E-state index in [-0.39, 0.29) is 24.4 Å². The summed E-state index contributed by atoms with van der Waals surface area (Å²) >= 11 is 6.17. The quantitative estimate of drug-likeness (QED) is 0.858. The number of nitrogens with one attached hydrogen (secondary N) is 1. The average molecular weight is 289 g/mol. The number of benzene rings is 1. The Bertz CT molecular complexity index is 493. The second-order valence-electron chi connectivity index (χ2n) is 4.29. The Morgan fingerprint density at radius 3 is 3.00 bits per heavy atom. The van der Waals surface area contributed by atoms with Gasteiger partial charge in [0.25, 0.3) is 5.91 Å². The smallest absolute Gasteiger partial charge is 0.256 e. The van der Waals surface area contributed by atoms with Gasteiger partial charge in [0.05, 0.1) is 23.7 Å². The minimum absolute atomic E-state index is 0. The fourth-order valence-corrected chi connectivity index (χ4v) is 2.87. The first-order chi connectivity index (χ1) is 8.22. The molecule has 1 aromatic carbocycles. The Balaban J connectivity index is 0.00000120. The number of carbonyl (C=O) groups excluding carboxylic acids is 1. The van der Waals surface area contributed by atoms with E-state index in [4.69, 9.17) is 16.3 Å². The van der Waals surface area contributed by atoms with Crippen molar-refractivity contribution in [3.63, 3.8) is 0 Å². The molecule has 98 valence electrons. The van der Waals surface area contributed by atoms with Crippen LogP contribution in [0.3, 0.4) is 0 Å². The van der Waals surface area contributed by atoms with E-state index in [1.54, 1.807) is 13.2 Å². The molecule has 0 spiro atoms.